The molecule has 0 aliphatic rings. The Morgan fingerprint density at radius 3 is 2.59 bits per heavy atom. The molecule has 0 saturated heterocycles. The highest BCUT2D eigenvalue weighted by atomic mass is 35.5. The Morgan fingerprint density at radius 1 is 1.04 bits per heavy atom. The lowest BCUT2D eigenvalue weighted by atomic mass is 10.1. The number of benzene rings is 2. The van der Waals surface area contributed by atoms with E-state index in [1.54, 1.807) is 7.11 Å². The second-order valence-corrected chi connectivity index (χ2v) is 6.35. The van der Waals surface area contributed by atoms with Crippen LogP contribution in [0, 0.1) is 0 Å². The molecule has 3 aromatic rings. The molecule has 0 aliphatic heterocycles. The van der Waals surface area contributed by atoms with E-state index in [1.165, 1.54) is 5.56 Å². The Bertz CT molecular complexity index is 826. The van der Waals surface area contributed by atoms with Crippen molar-refractivity contribution in [1.82, 2.24) is 9.88 Å². The van der Waals surface area contributed by atoms with Crippen molar-refractivity contribution in [3.8, 4) is 5.75 Å². The van der Waals surface area contributed by atoms with Crippen molar-refractivity contribution in [1.29, 1.82) is 0 Å². The van der Waals surface area contributed by atoms with E-state index in [2.05, 4.69) is 58.5 Å². The first-order chi connectivity index (χ1) is 12.8. The number of pyridine rings is 1. The number of rotatable bonds is 9. The summed E-state index contributed by atoms with van der Waals surface area (Å²) in [5.41, 5.74) is 3.40. The Morgan fingerprint density at radius 2 is 1.85 bits per heavy atom. The zero-order valence-corrected chi connectivity index (χ0v) is 16.8. The van der Waals surface area contributed by atoms with Crippen LogP contribution >= 0.6 is 12.4 Å². The van der Waals surface area contributed by atoms with Gasteiger partial charge in [-0.1, -0.05) is 43.3 Å². The summed E-state index contributed by atoms with van der Waals surface area (Å²) >= 11 is 0. The number of aromatic nitrogens is 1. The van der Waals surface area contributed by atoms with Crippen LogP contribution in [0.3, 0.4) is 0 Å². The van der Waals surface area contributed by atoms with Crippen LogP contribution in [0.4, 0.5) is 5.69 Å². The van der Waals surface area contributed by atoms with E-state index >= 15 is 0 Å². The van der Waals surface area contributed by atoms with Crippen LogP contribution in [0.2, 0.25) is 0 Å². The number of hydrogen-bond acceptors (Lipinski definition) is 4. The third kappa shape index (κ3) is 5.84. The Balaban J connectivity index is 0.00000261. The quantitative estimate of drug-likeness (QED) is 0.582. The van der Waals surface area contributed by atoms with Crippen molar-refractivity contribution in [2.24, 2.45) is 0 Å². The van der Waals surface area contributed by atoms with Gasteiger partial charge in [0.1, 0.15) is 5.75 Å². The molecule has 0 unspecified atom stereocenters. The molecule has 0 spiro atoms. The van der Waals surface area contributed by atoms with E-state index < -0.39 is 0 Å². The van der Waals surface area contributed by atoms with Crippen molar-refractivity contribution in [3.63, 3.8) is 0 Å². The van der Waals surface area contributed by atoms with Crippen LogP contribution in [0.25, 0.3) is 10.9 Å². The monoisotopic (exact) mass is 385 g/mol. The minimum absolute atomic E-state index is 0. The number of fused-ring (bicyclic) bond motifs is 1. The summed E-state index contributed by atoms with van der Waals surface area (Å²) in [4.78, 5) is 6.99. The lowest BCUT2D eigenvalue weighted by Gasteiger charge is -2.21. The predicted molar refractivity (Wildman–Crippen MR) is 116 cm³/mol. The van der Waals surface area contributed by atoms with Gasteiger partial charge in [0.25, 0.3) is 0 Å². The zero-order chi connectivity index (χ0) is 18.2. The van der Waals surface area contributed by atoms with Gasteiger partial charge in [-0.2, -0.15) is 0 Å². The molecule has 5 heteroatoms. The lowest BCUT2D eigenvalue weighted by molar-refractivity contribution is 0.303. The molecule has 144 valence electrons. The molecule has 1 heterocycles. The molecule has 0 aliphatic carbocycles. The van der Waals surface area contributed by atoms with Gasteiger partial charge in [-0.3, -0.25) is 4.98 Å². The summed E-state index contributed by atoms with van der Waals surface area (Å²) in [7, 11) is 1.70. The summed E-state index contributed by atoms with van der Waals surface area (Å²) in [6.07, 6.45) is 2.91. The molecule has 0 amide bonds. The molecule has 0 saturated carbocycles. The summed E-state index contributed by atoms with van der Waals surface area (Å²) in [5.74, 6) is 0.851. The fraction of sp³-hybridized carbons (Fsp3) is 0.318. The van der Waals surface area contributed by atoms with E-state index in [9.17, 15) is 0 Å². The first-order valence-corrected chi connectivity index (χ1v) is 9.23. The van der Waals surface area contributed by atoms with E-state index in [4.69, 9.17) is 4.74 Å². The van der Waals surface area contributed by atoms with Gasteiger partial charge in [0, 0.05) is 37.3 Å². The normalized spacial score (nSPS) is 10.6. The molecule has 27 heavy (non-hydrogen) atoms. The molecule has 4 nitrogen and oxygen atoms in total. The smallest absolute Gasteiger partial charge is 0.121 e. The van der Waals surface area contributed by atoms with Crippen molar-refractivity contribution < 1.29 is 4.74 Å². The van der Waals surface area contributed by atoms with Crippen LogP contribution in [0.15, 0.2) is 60.8 Å². The van der Waals surface area contributed by atoms with Gasteiger partial charge in [0.2, 0.25) is 0 Å². The first kappa shape index (κ1) is 21.0. The molecule has 1 N–H and O–H groups in total. The average molecular weight is 386 g/mol. The fourth-order valence-electron chi connectivity index (χ4n) is 3.13. The van der Waals surface area contributed by atoms with Crippen molar-refractivity contribution in [2.45, 2.75) is 13.3 Å². The molecular weight excluding hydrogens is 358 g/mol. The maximum absolute atomic E-state index is 5.42. The summed E-state index contributed by atoms with van der Waals surface area (Å²) in [6, 6.07) is 18.7. The second-order valence-electron chi connectivity index (χ2n) is 6.35. The van der Waals surface area contributed by atoms with Crippen LogP contribution in [-0.4, -0.2) is 43.2 Å². The number of ether oxygens (including phenoxy) is 1. The summed E-state index contributed by atoms with van der Waals surface area (Å²) in [6.45, 7) is 6.20. The van der Waals surface area contributed by atoms with Crippen LogP contribution in [-0.2, 0) is 6.42 Å². The van der Waals surface area contributed by atoms with Gasteiger partial charge in [-0.05, 0) is 30.7 Å². The molecule has 0 atom stereocenters. The summed E-state index contributed by atoms with van der Waals surface area (Å²) in [5, 5.41) is 4.63. The Kier molecular flexibility index (Phi) is 8.37. The standard InChI is InChI=1S/C22H27N3O.ClH/c1-3-25(14-11-18-8-5-4-6-9-18)15-13-23-21-17-20(26-2)16-19-10-7-12-24-22(19)21;/h4-10,12,16-17,23H,3,11,13-15H2,1-2H3;1H. The Labute approximate surface area is 168 Å². The lowest BCUT2D eigenvalue weighted by Crippen LogP contribution is -2.31. The van der Waals surface area contributed by atoms with E-state index in [0.717, 1.165) is 54.9 Å². The number of likely N-dealkylation sites (N-methyl/N-ethyl adjacent to an activating group) is 1. The number of methoxy groups -OCH3 is 1. The minimum Gasteiger partial charge on any atom is -0.497 e. The highest BCUT2D eigenvalue weighted by Crippen LogP contribution is 2.27. The number of hydrogen-bond donors (Lipinski definition) is 1. The largest absolute Gasteiger partial charge is 0.497 e. The topological polar surface area (TPSA) is 37.4 Å². The van der Waals surface area contributed by atoms with Gasteiger partial charge >= 0.3 is 0 Å². The average Bonchev–Trinajstić information content (AvgIpc) is 2.71. The van der Waals surface area contributed by atoms with Gasteiger partial charge in [0.15, 0.2) is 0 Å². The zero-order valence-electron chi connectivity index (χ0n) is 16.0. The van der Waals surface area contributed by atoms with Crippen molar-refractivity contribution in [3.05, 3.63) is 66.4 Å². The molecule has 0 radical (unpaired) electrons. The summed E-state index contributed by atoms with van der Waals surface area (Å²) < 4.78 is 5.42. The molecule has 3 rings (SSSR count). The van der Waals surface area contributed by atoms with E-state index in [-0.39, 0.29) is 12.4 Å². The maximum atomic E-state index is 5.42. The van der Waals surface area contributed by atoms with Gasteiger partial charge in [-0.25, -0.2) is 0 Å². The predicted octanol–water partition coefficient (Wildman–Crippen LogP) is 4.64. The number of anilines is 1. The molecule has 1 aromatic heterocycles. The highest BCUT2D eigenvalue weighted by molar-refractivity contribution is 5.91. The molecular formula is C22H28ClN3O. The third-order valence-electron chi connectivity index (χ3n) is 4.66. The fourth-order valence-corrected chi connectivity index (χ4v) is 3.13. The third-order valence-corrected chi connectivity index (χ3v) is 4.66. The van der Waals surface area contributed by atoms with Gasteiger partial charge < -0.3 is 15.0 Å². The van der Waals surface area contributed by atoms with Gasteiger partial charge in [-0.15, -0.1) is 12.4 Å². The number of nitrogens with zero attached hydrogens (tertiary/aromatic N) is 2. The molecule has 2 aromatic carbocycles. The van der Waals surface area contributed by atoms with Gasteiger partial charge in [0.05, 0.1) is 18.3 Å². The first-order valence-electron chi connectivity index (χ1n) is 9.23. The van der Waals surface area contributed by atoms with E-state index in [0.29, 0.717) is 0 Å². The second kappa shape index (κ2) is 10.8. The van der Waals surface area contributed by atoms with Crippen molar-refractivity contribution >= 4 is 29.0 Å². The SMILES string of the molecule is CCN(CCNc1cc(OC)cc2cccnc12)CCc1ccccc1.Cl. The number of nitrogens with one attached hydrogen (secondary N) is 1. The molecule has 0 bridgehead atoms. The Hall–Kier alpha value is -2.30. The van der Waals surface area contributed by atoms with Crippen LogP contribution < -0.4 is 10.1 Å². The minimum atomic E-state index is 0. The maximum Gasteiger partial charge on any atom is 0.121 e. The molecule has 0 fully saturated rings. The van der Waals surface area contributed by atoms with Crippen molar-refractivity contribution in [2.75, 3.05) is 38.6 Å². The van der Waals surface area contributed by atoms with E-state index in [1.807, 2.05) is 24.4 Å². The highest BCUT2D eigenvalue weighted by Gasteiger charge is 2.07. The van der Waals surface area contributed by atoms with Crippen LogP contribution in [0.5, 0.6) is 5.75 Å². The number of halogens is 1. The van der Waals surface area contributed by atoms with Crippen LogP contribution in [0.1, 0.15) is 12.5 Å².